The van der Waals surface area contributed by atoms with Crippen molar-refractivity contribution in [3.63, 3.8) is 0 Å². The van der Waals surface area contributed by atoms with Crippen LogP contribution >= 0.6 is 0 Å². The molecule has 0 spiro atoms. The number of hydrogen-bond acceptors (Lipinski definition) is 8. The van der Waals surface area contributed by atoms with Crippen molar-refractivity contribution in [1.82, 2.24) is 10.1 Å². The normalized spacial score (nSPS) is 12.6. The van der Waals surface area contributed by atoms with Crippen LogP contribution in [0, 0.1) is 0 Å². The van der Waals surface area contributed by atoms with Crippen molar-refractivity contribution < 1.29 is 44.6 Å². The van der Waals surface area contributed by atoms with Crippen molar-refractivity contribution in [2.24, 2.45) is 0 Å². The molecule has 0 aromatic rings. The fourth-order valence-electron chi connectivity index (χ4n) is 3.19. The summed E-state index contributed by atoms with van der Waals surface area (Å²) in [5, 5.41) is 39.6. The third-order valence-electron chi connectivity index (χ3n) is 5.17. The molecule has 0 aromatic carbocycles. The number of aliphatic hydroxyl groups is 1. The van der Waals surface area contributed by atoms with Crippen molar-refractivity contribution in [2.45, 2.75) is 96.5 Å². The molecule has 0 saturated carbocycles. The van der Waals surface area contributed by atoms with Gasteiger partial charge < -0.3 is 10.2 Å². The first-order valence-corrected chi connectivity index (χ1v) is 11.4. The van der Waals surface area contributed by atoms with Crippen LogP contribution in [0.3, 0.4) is 0 Å². The molecule has 0 radical (unpaired) electrons. The van der Waals surface area contributed by atoms with Gasteiger partial charge in [-0.2, -0.15) is 0 Å². The maximum Gasteiger partial charge on any atom is 0.336 e. The molecule has 0 saturated heterocycles. The average molecular weight is 475 g/mol. The number of rotatable bonds is 19. The van der Waals surface area contributed by atoms with Crippen LogP contribution in [0.4, 0.5) is 0 Å². The van der Waals surface area contributed by atoms with E-state index in [1.165, 1.54) is 0 Å². The minimum Gasteiger partial charge on any atom is -0.479 e. The molecule has 0 fully saturated rings. The Morgan fingerprint density at radius 1 is 0.727 bits per heavy atom. The fraction of sp³-hybridized carbons (Fsp3) is 0.773. The second kappa shape index (κ2) is 16.3. The molecule has 33 heavy (non-hydrogen) atoms. The SMILES string of the molecule is CCCCCCCC(=O)N(O)CCCC(=O)CC(O)(CC(=O)CCCN(O)C(C)=O)C(=O)O. The number of Topliss-reactive ketones (excluding diaryl/α,β-unsaturated/α-hetero) is 2. The molecule has 11 nitrogen and oxygen atoms in total. The highest BCUT2D eigenvalue weighted by atomic mass is 16.5. The highest BCUT2D eigenvalue weighted by Gasteiger charge is 2.40. The van der Waals surface area contributed by atoms with Crippen LogP contribution < -0.4 is 0 Å². The molecule has 0 rings (SSSR count). The van der Waals surface area contributed by atoms with E-state index in [0.29, 0.717) is 16.5 Å². The number of carbonyl (C=O) groups excluding carboxylic acids is 4. The van der Waals surface area contributed by atoms with Crippen LogP contribution in [-0.4, -0.2) is 78.8 Å². The summed E-state index contributed by atoms with van der Waals surface area (Å²) in [5.41, 5.74) is -2.57. The summed E-state index contributed by atoms with van der Waals surface area (Å²) < 4.78 is 0. The lowest BCUT2D eigenvalue weighted by Gasteiger charge is -2.22. The number of carbonyl (C=O) groups is 5. The zero-order chi connectivity index (χ0) is 25.4. The summed E-state index contributed by atoms with van der Waals surface area (Å²) >= 11 is 0. The fourth-order valence-corrected chi connectivity index (χ4v) is 3.19. The second-order valence-electron chi connectivity index (χ2n) is 8.30. The average Bonchev–Trinajstić information content (AvgIpc) is 2.72. The van der Waals surface area contributed by atoms with Gasteiger partial charge in [0, 0.05) is 52.1 Å². The van der Waals surface area contributed by atoms with Crippen LogP contribution in [0.5, 0.6) is 0 Å². The lowest BCUT2D eigenvalue weighted by Crippen LogP contribution is -2.43. The van der Waals surface area contributed by atoms with Gasteiger partial charge in [-0.3, -0.25) is 29.6 Å². The van der Waals surface area contributed by atoms with E-state index >= 15 is 0 Å². The number of carboxylic acid groups (broad SMARTS) is 1. The number of aliphatic carboxylic acids is 1. The Hall–Kier alpha value is -2.37. The Kier molecular flexibility index (Phi) is 15.1. The maximum absolute atomic E-state index is 12.1. The molecule has 0 aliphatic rings. The molecule has 1 unspecified atom stereocenters. The van der Waals surface area contributed by atoms with Gasteiger partial charge in [0.1, 0.15) is 11.6 Å². The van der Waals surface area contributed by atoms with Gasteiger partial charge in [-0.1, -0.05) is 32.6 Å². The number of amides is 2. The van der Waals surface area contributed by atoms with Gasteiger partial charge in [0.25, 0.3) is 0 Å². The number of carboxylic acids is 1. The number of nitrogens with zero attached hydrogens (tertiary/aromatic N) is 2. The molecule has 0 aliphatic heterocycles. The molecule has 0 bridgehead atoms. The van der Waals surface area contributed by atoms with Gasteiger partial charge >= 0.3 is 5.97 Å². The first kappa shape index (κ1) is 30.6. The number of unbranched alkanes of at least 4 members (excludes halogenated alkanes) is 4. The monoisotopic (exact) mass is 474 g/mol. The van der Waals surface area contributed by atoms with Crippen LogP contribution in [0.15, 0.2) is 0 Å². The van der Waals surface area contributed by atoms with Gasteiger partial charge in [-0.15, -0.1) is 0 Å². The smallest absolute Gasteiger partial charge is 0.336 e. The largest absolute Gasteiger partial charge is 0.479 e. The highest BCUT2D eigenvalue weighted by Crippen LogP contribution is 2.20. The van der Waals surface area contributed by atoms with E-state index in [4.69, 9.17) is 0 Å². The molecule has 0 heterocycles. The van der Waals surface area contributed by atoms with Crippen LogP contribution in [-0.2, 0) is 24.0 Å². The maximum atomic E-state index is 12.1. The summed E-state index contributed by atoms with van der Waals surface area (Å²) in [6, 6.07) is 0. The summed E-state index contributed by atoms with van der Waals surface area (Å²) in [7, 11) is 0. The van der Waals surface area contributed by atoms with Crippen LogP contribution in [0.1, 0.15) is 90.9 Å². The lowest BCUT2D eigenvalue weighted by molar-refractivity contribution is -0.166. The first-order chi connectivity index (χ1) is 15.4. The van der Waals surface area contributed by atoms with Gasteiger partial charge in [-0.05, 0) is 19.3 Å². The van der Waals surface area contributed by atoms with Gasteiger partial charge in [0.05, 0.1) is 0 Å². The van der Waals surface area contributed by atoms with E-state index in [1.807, 2.05) is 0 Å². The summed E-state index contributed by atoms with van der Waals surface area (Å²) in [4.78, 5) is 58.4. The molecular weight excluding hydrogens is 436 g/mol. The summed E-state index contributed by atoms with van der Waals surface area (Å²) in [6.45, 7) is 3.00. The number of hydroxylamine groups is 4. The Labute approximate surface area is 194 Å². The molecule has 0 aromatic heterocycles. The second-order valence-corrected chi connectivity index (χ2v) is 8.30. The third kappa shape index (κ3) is 13.7. The quantitative estimate of drug-likeness (QED) is 0.124. The summed E-state index contributed by atoms with van der Waals surface area (Å²) in [5.74, 6) is -4.01. The van der Waals surface area contributed by atoms with E-state index in [1.54, 1.807) is 0 Å². The number of ketones is 2. The van der Waals surface area contributed by atoms with Crippen molar-refractivity contribution in [3.05, 3.63) is 0 Å². The molecule has 1 atom stereocenters. The van der Waals surface area contributed by atoms with E-state index in [2.05, 4.69) is 6.92 Å². The highest BCUT2D eigenvalue weighted by molar-refractivity contribution is 5.93. The zero-order valence-corrected chi connectivity index (χ0v) is 19.6. The third-order valence-corrected chi connectivity index (χ3v) is 5.17. The zero-order valence-electron chi connectivity index (χ0n) is 19.6. The first-order valence-electron chi connectivity index (χ1n) is 11.4. The van der Waals surface area contributed by atoms with Crippen molar-refractivity contribution in [3.8, 4) is 0 Å². The Bertz CT molecular complexity index is 668. The molecule has 4 N–H and O–H groups in total. The van der Waals surface area contributed by atoms with Crippen LogP contribution in [0.25, 0.3) is 0 Å². The van der Waals surface area contributed by atoms with Gasteiger partial charge in [-0.25, -0.2) is 14.9 Å². The minimum atomic E-state index is -2.57. The van der Waals surface area contributed by atoms with Gasteiger partial charge in [0.15, 0.2) is 5.60 Å². The van der Waals surface area contributed by atoms with Crippen molar-refractivity contribution >= 4 is 29.4 Å². The predicted molar refractivity (Wildman–Crippen MR) is 116 cm³/mol. The predicted octanol–water partition coefficient (Wildman–Crippen LogP) is 2.10. The van der Waals surface area contributed by atoms with Crippen molar-refractivity contribution in [2.75, 3.05) is 13.1 Å². The molecular formula is C22H38N2O9. The minimum absolute atomic E-state index is 0.0670. The van der Waals surface area contributed by atoms with E-state index < -0.39 is 47.8 Å². The molecule has 2 amide bonds. The summed E-state index contributed by atoms with van der Waals surface area (Å²) in [6.07, 6.45) is 3.18. The standard InChI is InChI=1S/C22H38N2O9/c1-3-4-5-6-7-12-20(28)24(33)14-9-11-19(27)16-22(31,21(29)30)15-18(26)10-8-13-23(32)17(2)25/h31-33H,3-16H2,1-2H3,(H,29,30). The van der Waals surface area contributed by atoms with Crippen LogP contribution in [0.2, 0.25) is 0 Å². The van der Waals surface area contributed by atoms with Crippen molar-refractivity contribution in [1.29, 1.82) is 0 Å². The Morgan fingerprint density at radius 2 is 1.21 bits per heavy atom. The Morgan fingerprint density at radius 3 is 1.67 bits per heavy atom. The van der Waals surface area contributed by atoms with E-state index in [9.17, 15) is 44.6 Å². The Balaban J connectivity index is 4.41. The molecule has 11 heteroatoms. The molecule has 190 valence electrons. The molecule has 0 aliphatic carbocycles. The number of hydrogen-bond donors (Lipinski definition) is 4. The topological polar surface area (TPSA) is 173 Å². The van der Waals surface area contributed by atoms with E-state index in [-0.39, 0.29) is 45.2 Å². The van der Waals surface area contributed by atoms with E-state index in [0.717, 1.165) is 32.6 Å². The lowest BCUT2D eigenvalue weighted by atomic mass is 9.89. The van der Waals surface area contributed by atoms with Gasteiger partial charge in [0.2, 0.25) is 11.8 Å².